The Morgan fingerprint density at radius 3 is 2.53 bits per heavy atom. The smallest absolute Gasteiger partial charge is 0.338 e. The lowest BCUT2D eigenvalue weighted by Crippen LogP contribution is -2.44. The second-order valence-corrected chi connectivity index (χ2v) is 5.70. The first-order valence-corrected chi connectivity index (χ1v) is 6.27. The lowest BCUT2D eigenvalue weighted by atomic mass is 10.2. The third-order valence-corrected chi connectivity index (χ3v) is 4.70. The van der Waals surface area contributed by atoms with Crippen LogP contribution in [0.1, 0.15) is 6.92 Å². The summed E-state index contributed by atoms with van der Waals surface area (Å²) in [6, 6.07) is 0. The molecule has 3 atom stereocenters. The molecule has 0 bridgehead atoms. The van der Waals surface area contributed by atoms with Gasteiger partial charge in [0, 0.05) is 14.2 Å². The van der Waals surface area contributed by atoms with Gasteiger partial charge >= 0.3 is 7.60 Å². The molecule has 1 heterocycles. The fraction of sp³-hybridized carbons (Fsp3) is 1.00. The summed E-state index contributed by atoms with van der Waals surface area (Å²) in [5.41, 5.74) is -0.589. The zero-order chi connectivity index (χ0) is 11.5. The predicted molar refractivity (Wildman–Crippen MR) is 52.8 cm³/mol. The van der Waals surface area contributed by atoms with Crippen molar-refractivity contribution in [2.75, 3.05) is 27.4 Å². The lowest BCUT2D eigenvalue weighted by Gasteiger charge is -2.36. The van der Waals surface area contributed by atoms with Crippen LogP contribution in [-0.4, -0.2) is 50.6 Å². The van der Waals surface area contributed by atoms with E-state index in [4.69, 9.17) is 23.6 Å². The number of hydrogen-bond acceptors (Lipinski definition) is 6. The standard InChI is InChI=1S/C8H17O6P/c1-6-13-5-8(7(4-9)14-6)15(10,11-2)12-3/h6-9H,4-5H2,1-3H3/t6-,7+,8-/m1/s1. The monoisotopic (exact) mass is 240 g/mol. The highest BCUT2D eigenvalue weighted by atomic mass is 31.2. The number of hydrogen-bond donors (Lipinski definition) is 1. The first-order valence-electron chi connectivity index (χ1n) is 4.66. The van der Waals surface area contributed by atoms with Crippen LogP contribution in [-0.2, 0) is 23.1 Å². The molecule has 1 N–H and O–H groups in total. The molecule has 1 aliphatic rings. The van der Waals surface area contributed by atoms with Crippen molar-refractivity contribution in [1.82, 2.24) is 0 Å². The first-order chi connectivity index (χ1) is 7.07. The van der Waals surface area contributed by atoms with Crippen molar-refractivity contribution in [3.8, 4) is 0 Å². The Hall–Kier alpha value is 0.0300. The van der Waals surface area contributed by atoms with Gasteiger partial charge in [0.25, 0.3) is 0 Å². The molecule has 15 heavy (non-hydrogen) atoms. The van der Waals surface area contributed by atoms with Gasteiger partial charge in [-0.15, -0.1) is 0 Å². The molecule has 90 valence electrons. The van der Waals surface area contributed by atoms with Gasteiger partial charge in [-0.2, -0.15) is 0 Å². The summed E-state index contributed by atoms with van der Waals surface area (Å²) in [6.07, 6.45) is -1.000. The van der Waals surface area contributed by atoms with Crippen LogP contribution in [0.3, 0.4) is 0 Å². The molecule has 0 aromatic carbocycles. The molecular formula is C8H17O6P. The van der Waals surface area contributed by atoms with E-state index in [1.165, 1.54) is 14.2 Å². The van der Waals surface area contributed by atoms with Crippen molar-refractivity contribution in [3.63, 3.8) is 0 Å². The van der Waals surface area contributed by atoms with Gasteiger partial charge in [0.15, 0.2) is 6.29 Å². The second-order valence-electron chi connectivity index (χ2n) is 3.23. The van der Waals surface area contributed by atoms with Crippen LogP contribution in [0.5, 0.6) is 0 Å². The van der Waals surface area contributed by atoms with Crippen LogP contribution in [0.2, 0.25) is 0 Å². The van der Waals surface area contributed by atoms with Gasteiger partial charge in [-0.25, -0.2) is 0 Å². The van der Waals surface area contributed by atoms with Gasteiger partial charge in [-0.1, -0.05) is 0 Å². The Bertz CT molecular complexity index is 237. The summed E-state index contributed by atoms with van der Waals surface area (Å²) in [5.74, 6) is 0. The number of rotatable bonds is 4. The molecule has 0 saturated carbocycles. The maximum absolute atomic E-state index is 12.1. The zero-order valence-corrected chi connectivity index (χ0v) is 9.98. The molecule has 0 unspecified atom stereocenters. The molecule has 0 spiro atoms. The minimum Gasteiger partial charge on any atom is -0.394 e. The highest BCUT2D eigenvalue weighted by Crippen LogP contribution is 2.54. The molecule has 0 aliphatic carbocycles. The van der Waals surface area contributed by atoms with Crippen molar-refractivity contribution in [3.05, 3.63) is 0 Å². The maximum Gasteiger partial charge on any atom is 0.338 e. The summed E-state index contributed by atoms with van der Waals surface area (Å²) in [6.45, 7) is 1.66. The van der Waals surface area contributed by atoms with Gasteiger partial charge < -0.3 is 23.6 Å². The molecule has 7 heteroatoms. The minimum atomic E-state index is -3.27. The summed E-state index contributed by atoms with van der Waals surface area (Å²) in [5, 5.41) is 9.12. The van der Waals surface area contributed by atoms with E-state index in [1.54, 1.807) is 6.92 Å². The molecule has 1 aliphatic heterocycles. The number of aliphatic hydroxyl groups is 1. The Kier molecular flexibility index (Phi) is 4.70. The van der Waals surface area contributed by atoms with Gasteiger partial charge in [0.05, 0.1) is 13.2 Å². The van der Waals surface area contributed by atoms with E-state index >= 15 is 0 Å². The highest BCUT2D eigenvalue weighted by Gasteiger charge is 2.44. The maximum atomic E-state index is 12.1. The van der Waals surface area contributed by atoms with Gasteiger partial charge in [-0.3, -0.25) is 4.57 Å². The van der Waals surface area contributed by atoms with Gasteiger partial charge in [0.1, 0.15) is 11.8 Å². The van der Waals surface area contributed by atoms with Gasteiger partial charge in [0.2, 0.25) is 0 Å². The SMILES string of the molecule is COP(=O)(OC)[C@@H]1CO[C@@H](C)O[C@H]1CO. The molecule has 1 saturated heterocycles. The Balaban J connectivity index is 2.78. The van der Waals surface area contributed by atoms with E-state index in [2.05, 4.69) is 0 Å². The summed E-state index contributed by atoms with van der Waals surface area (Å²) >= 11 is 0. The zero-order valence-electron chi connectivity index (χ0n) is 9.08. The first kappa shape index (κ1) is 13.1. The fourth-order valence-corrected chi connectivity index (χ4v) is 3.05. The van der Waals surface area contributed by atoms with Crippen molar-refractivity contribution in [2.45, 2.75) is 25.0 Å². The van der Waals surface area contributed by atoms with E-state index in [9.17, 15) is 4.57 Å². The van der Waals surface area contributed by atoms with Crippen molar-refractivity contribution >= 4 is 7.60 Å². The molecule has 1 rings (SSSR count). The molecule has 0 aromatic heterocycles. The average Bonchev–Trinajstić information content (AvgIpc) is 2.27. The minimum absolute atomic E-state index is 0.186. The summed E-state index contributed by atoms with van der Waals surface area (Å²) < 4.78 is 32.3. The fourth-order valence-electron chi connectivity index (χ4n) is 1.52. The van der Waals surface area contributed by atoms with Crippen LogP contribution in [0.15, 0.2) is 0 Å². The molecule has 0 aromatic rings. The van der Waals surface area contributed by atoms with Gasteiger partial charge in [-0.05, 0) is 6.92 Å². The van der Waals surface area contributed by atoms with Crippen LogP contribution in [0.25, 0.3) is 0 Å². The van der Waals surface area contributed by atoms with E-state index in [-0.39, 0.29) is 13.2 Å². The van der Waals surface area contributed by atoms with E-state index < -0.39 is 25.6 Å². The van der Waals surface area contributed by atoms with Crippen molar-refractivity contribution < 1.29 is 28.2 Å². The molecule has 0 amide bonds. The Morgan fingerprint density at radius 2 is 2.07 bits per heavy atom. The molecule has 0 radical (unpaired) electrons. The average molecular weight is 240 g/mol. The highest BCUT2D eigenvalue weighted by molar-refractivity contribution is 7.54. The summed E-state index contributed by atoms with van der Waals surface area (Å²) in [7, 11) is -0.661. The van der Waals surface area contributed by atoms with E-state index in [0.717, 1.165) is 0 Å². The number of aliphatic hydroxyl groups excluding tert-OH is 1. The summed E-state index contributed by atoms with van der Waals surface area (Å²) in [4.78, 5) is 0. The second kappa shape index (κ2) is 5.39. The topological polar surface area (TPSA) is 74.2 Å². The lowest BCUT2D eigenvalue weighted by molar-refractivity contribution is -0.209. The Morgan fingerprint density at radius 1 is 1.47 bits per heavy atom. The largest absolute Gasteiger partial charge is 0.394 e. The molecule has 6 nitrogen and oxygen atoms in total. The Labute approximate surface area is 89.0 Å². The molecule has 1 fully saturated rings. The van der Waals surface area contributed by atoms with E-state index in [0.29, 0.717) is 0 Å². The molecular weight excluding hydrogens is 223 g/mol. The van der Waals surface area contributed by atoms with Crippen LogP contribution in [0, 0.1) is 0 Å². The van der Waals surface area contributed by atoms with Crippen molar-refractivity contribution in [2.24, 2.45) is 0 Å². The van der Waals surface area contributed by atoms with Crippen LogP contribution in [0.4, 0.5) is 0 Å². The predicted octanol–water partition coefficient (Wildman–Crippen LogP) is 0.595. The third kappa shape index (κ3) is 2.78. The van der Waals surface area contributed by atoms with Crippen molar-refractivity contribution in [1.29, 1.82) is 0 Å². The van der Waals surface area contributed by atoms with Crippen LogP contribution < -0.4 is 0 Å². The quantitative estimate of drug-likeness (QED) is 0.725. The van der Waals surface area contributed by atoms with E-state index in [1.807, 2.05) is 0 Å². The third-order valence-electron chi connectivity index (χ3n) is 2.39. The number of ether oxygens (including phenoxy) is 2. The van der Waals surface area contributed by atoms with Crippen LogP contribution >= 0.6 is 7.60 Å². The normalized spacial score (nSPS) is 32.9.